The predicted molar refractivity (Wildman–Crippen MR) is 119 cm³/mol. The minimum absolute atomic E-state index is 0.00325. The average Bonchev–Trinajstić information content (AvgIpc) is 3.21. The van der Waals surface area contributed by atoms with Crippen LogP contribution in [0.25, 0.3) is 17.1 Å². The van der Waals surface area contributed by atoms with Gasteiger partial charge in [-0.3, -0.25) is 4.98 Å². The molecule has 0 unspecified atom stereocenters. The highest BCUT2D eigenvalue weighted by Crippen LogP contribution is 2.24. The third kappa shape index (κ3) is 4.44. The van der Waals surface area contributed by atoms with E-state index in [-0.39, 0.29) is 12.6 Å². The van der Waals surface area contributed by atoms with Crippen LogP contribution in [0.2, 0.25) is 0 Å². The molecular weight excluding hydrogens is 390 g/mol. The summed E-state index contributed by atoms with van der Waals surface area (Å²) in [6.07, 6.45) is 5.46. The largest absolute Gasteiger partial charge is 0.390 e. The number of hydrogen-bond acceptors (Lipinski definition) is 7. The summed E-state index contributed by atoms with van der Waals surface area (Å²) in [6, 6.07) is 9.77. The second-order valence-electron chi connectivity index (χ2n) is 7.63. The highest BCUT2D eigenvalue weighted by molar-refractivity contribution is 5.60. The van der Waals surface area contributed by atoms with E-state index in [9.17, 15) is 5.11 Å². The molecular formula is C23H25N7O. The lowest BCUT2D eigenvalue weighted by molar-refractivity contribution is 0.276. The van der Waals surface area contributed by atoms with Gasteiger partial charge in [0, 0.05) is 12.4 Å². The third-order valence-electron chi connectivity index (χ3n) is 5.07. The molecule has 31 heavy (non-hydrogen) atoms. The van der Waals surface area contributed by atoms with Crippen molar-refractivity contribution in [3.63, 3.8) is 0 Å². The topological polar surface area (TPSA) is 102 Å². The number of imidazole rings is 1. The minimum atomic E-state index is -0.187. The van der Waals surface area contributed by atoms with E-state index in [0.717, 1.165) is 28.2 Å². The van der Waals surface area contributed by atoms with Crippen molar-refractivity contribution in [3.8, 4) is 17.1 Å². The van der Waals surface area contributed by atoms with Crippen molar-refractivity contribution >= 4 is 5.82 Å². The van der Waals surface area contributed by atoms with Gasteiger partial charge in [0.15, 0.2) is 5.82 Å². The molecule has 4 heterocycles. The molecule has 1 atom stereocenters. The van der Waals surface area contributed by atoms with Crippen molar-refractivity contribution in [3.05, 3.63) is 77.3 Å². The Labute approximate surface area is 181 Å². The number of pyridine rings is 2. The molecule has 4 rings (SSSR count). The third-order valence-corrected chi connectivity index (χ3v) is 5.07. The van der Waals surface area contributed by atoms with Gasteiger partial charge >= 0.3 is 0 Å². The van der Waals surface area contributed by atoms with Gasteiger partial charge in [0.05, 0.1) is 47.4 Å². The smallest absolute Gasteiger partial charge is 0.152 e. The number of nitrogens with zero attached hydrogens (tertiary/aromatic N) is 6. The van der Waals surface area contributed by atoms with Crippen molar-refractivity contribution < 1.29 is 5.11 Å². The van der Waals surface area contributed by atoms with Crippen LogP contribution in [0.15, 0.2) is 49.1 Å². The zero-order chi connectivity index (χ0) is 22.0. The molecule has 0 fully saturated rings. The average molecular weight is 416 g/mol. The lowest BCUT2D eigenvalue weighted by Gasteiger charge is -2.16. The van der Waals surface area contributed by atoms with Crippen LogP contribution < -0.4 is 5.32 Å². The van der Waals surface area contributed by atoms with Crippen molar-refractivity contribution in [1.82, 2.24) is 29.7 Å². The van der Waals surface area contributed by atoms with Crippen LogP contribution in [0.5, 0.6) is 0 Å². The maximum atomic E-state index is 9.83. The molecule has 0 bridgehead atoms. The number of aliphatic hydroxyl groups is 1. The fourth-order valence-electron chi connectivity index (χ4n) is 3.31. The summed E-state index contributed by atoms with van der Waals surface area (Å²) in [4.78, 5) is 13.3. The van der Waals surface area contributed by atoms with Gasteiger partial charge in [0.2, 0.25) is 0 Å². The summed E-state index contributed by atoms with van der Waals surface area (Å²) in [6.45, 7) is 7.76. The van der Waals surface area contributed by atoms with E-state index in [1.54, 1.807) is 6.33 Å². The predicted octanol–water partition coefficient (Wildman–Crippen LogP) is 3.71. The first-order valence-corrected chi connectivity index (χ1v) is 10.1. The lowest BCUT2D eigenvalue weighted by Crippen LogP contribution is -2.11. The molecule has 4 aromatic rings. The Balaban J connectivity index is 1.58. The molecule has 8 heteroatoms. The Morgan fingerprint density at radius 2 is 1.87 bits per heavy atom. The summed E-state index contributed by atoms with van der Waals surface area (Å²) in [5.74, 6) is 0.700. The van der Waals surface area contributed by atoms with Crippen LogP contribution >= 0.6 is 0 Å². The van der Waals surface area contributed by atoms with Crippen LogP contribution in [-0.2, 0) is 6.61 Å². The van der Waals surface area contributed by atoms with Crippen LogP contribution in [0.1, 0.15) is 41.2 Å². The number of aromatic nitrogens is 6. The fourth-order valence-corrected chi connectivity index (χ4v) is 3.31. The Hall–Kier alpha value is -3.65. The number of rotatable bonds is 6. The SMILES string of the molecule is Cc1ccc([C@H](C)Nc2nnc(-c3ccc(-n4cnc(C)c4)c(CO)n3)cc2C)nc1. The number of anilines is 1. The van der Waals surface area contributed by atoms with Gasteiger partial charge in [-0.2, -0.15) is 0 Å². The zero-order valence-electron chi connectivity index (χ0n) is 18.0. The monoisotopic (exact) mass is 415 g/mol. The summed E-state index contributed by atoms with van der Waals surface area (Å²) < 4.78 is 1.85. The number of aryl methyl sites for hydroxylation is 3. The highest BCUT2D eigenvalue weighted by Gasteiger charge is 2.14. The van der Waals surface area contributed by atoms with E-state index >= 15 is 0 Å². The molecule has 0 spiro atoms. The van der Waals surface area contributed by atoms with E-state index in [0.29, 0.717) is 22.9 Å². The molecule has 0 saturated carbocycles. The van der Waals surface area contributed by atoms with Gasteiger partial charge in [0.1, 0.15) is 5.69 Å². The van der Waals surface area contributed by atoms with Crippen molar-refractivity contribution in [2.24, 2.45) is 0 Å². The van der Waals surface area contributed by atoms with Gasteiger partial charge in [-0.1, -0.05) is 6.07 Å². The first kappa shape index (κ1) is 20.6. The first-order chi connectivity index (χ1) is 14.9. The molecule has 0 amide bonds. The normalized spacial score (nSPS) is 12.0. The number of nitrogens with one attached hydrogen (secondary N) is 1. The second-order valence-corrected chi connectivity index (χ2v) is 7.63. The van der Waals surface area contributed by atoms with Crippen LogP contribution in [0.4, 0.5) is 5.82 Å². The summed E-state index contributed by atoms with van der Waals surface area (Å²) in [7, 11) is 0. The molecule has 158 valence electrons. The van der Waals surface area contributed by atoms with E-state index in [1.165, 1.54) is 0 Å². The fraction of sp³-hybridized carbons (Fsp3) is 0.261. The quantitative estimate of drug-likeness (QED) is 0.495. The Bertz CT molecular complexity index is 1200. The standard InChI is InChI=1S/C23H25N7O/c1-14-5-6-18(24-10-14)17(4)26-23-15(2)9-20(28-29-23)19-7-8-22(21(12-31)27-19)30-11-16(3)25-13-30/h5-11,13,17,31H,12H2,1-4H3,(H,26,29)/t17-/m0/s1. The van der Waals surface area contributed by atoms with E-state index in [1.807, 2.05) is 75.0 Å². The summed E-state index contributed by atoms with van der Waals surface area (Å²) >= 11 is 0. The molecule has 0 saturated heterocycles. The van der Waals surface area contributed by atoms with Crippen molar-refractivity contribution in [2.75, 3.05) is 5.32 Å². The molecule has 4 aromatic heterocycles. The molecule has 8 nitrogen and oxygen atoms in total. The Kier molecular flexibility index (Phi) is 5.73. The number of aliphatic hydroxyl groups excluding tert-OH is 1. The molecule has 0 aliphatic heterocycles. The summed E-state index contributed by atoms with van der Waals surface area (Å²) in [5, 5.41) is 21.9. The van der Waals surface area contributed by atoms with Crippen molar-refractivity contribution in [1.29, 1.82) is 0 Å². The highest BCUT2D eigenvalue weighted by atomic mass is 16.3. The Morgan fingerprint density at radius 3 is 2.52 bits per heavy atom. The molecule has 2 N–H and O–H groups in total. The maximum Gasteiger partial charge on any atom is 0.152 e. The van der Waals surface area contributed by atoms with Gasteiger partial charge in [0.25, 0.3) is 0 Å². The Morgan fingerprint density at radius 1 is 1.03 bits per heavy atom. The molecule has 0 radical (unpaired) electrons. The molecule has 0 aliphatic carbocycles. The van der Waals surface area contributed by atoms with Gasteiger partial charge in [-0.25, -0.2) is 9.97 Å². The zero-order valence-corrected chi connectivity index (χ0v) is 18.0. The second kappa shape index (κ2) is 8.61. The van der Waals surface area contributed by atoms with E-state index in [2.05, 4.69) is 30.5 Å². The maximum absolute atomic E-state index is 9.83. The molecule has 0 aromatic carbocycles. The number of hydrogen-bond donors (Lipinski definition) is 2. The van der Waals surface area contributed by atoms with Crippen LogP contribution in [-0.4, -0.2) is 34.8 Å². The van der Waals surface area contributed by atoms with Gasteiger partial charge in [-0.05, 0) is 63.1 Å². The van der Waals surface area contributed by atoms with Crippen LogP contribution in [0.3, 0.4) is 0 Å². The minimum Gasteiger partial charge on any atom is -0.390 e. The van der Waals surface area contributed by atoms with Crippen molar-refractivity contribution in [2.45, 2.75) is 40.3 Å². The summed E-state index contributed by atoms with van der Waals surface area (Å²) in [5.41, 5.74) is 6.55. The van der Waals surface area contributed by atoms with E-state index < -0.39 is 0 Å². The first-order valence-electron chi connectivity index (χ1n) is 10.1. The lowest BCUT2D eigenvalue weighted by atomic mass is 10.1. The van der Waals surface area contributed by atoms with E-state index in [4.69, 9.17) is 0 Å². The van der Waals surface area contributed by atoms with Gasteiger partial charge in [-0.15, -0.1) is 10.2 Å². The van der Waals surface area contributed by atoms with Gasteiger partial charge < -0.3 is 15.0 Å². The van der Waals surface area contributed by atoms with Crippen LogP contribution in [0, 0.1) is 20.8 Å². The molecule has 0 aliphatic rings.